The van der Waals surface area contributed by atoms with Gasteiger partial charge in [0.2, 0.25) is 0 Å². The Bertz CT molecular complexity index is 438. The molecule has 1 aliphatic heterocycles. The summed E-state index contributed by atoms with van der Waals surface area (Å²) in [5.41, 5.74) is 2.42. The third-order valence-corrected chi connectivity index (χ3v) is 4.56. The third kappa shape index (κ3) is 1.92. The van der Waals surface area contributed by atoms with Crippen LogP contribution in [0.5, 0.6) is 5.75 Å². The number of hydrogen-bond donors (Lipinski definition) is 2. The van der Waals surface area contributed by atoms with Crippen molar-refractivity contribution in [2.75, 3.05) is 30.4 Å². The van der Waals surface area contributed by atoms with Crippen LogP contribution in [0.4, 0.5) is 11.4 Å². The molecule has 1 fully saturated rings. The molecule has 0 unspecified atom stereocenters. The zero-order chi connectivity index (χ0) is 12.6. The molecular formula is C15H22N2O. The molecule has 0 bridgehead atoms. The highest BCUT2D eigenvalue weighted by atomic mass is 16.3. The molecule has 3 rings (SSSR count). The van der Waals surface area contributed by atoms with Gasteiger partial charge >= 0.3 is 0 Å². The Labute approximate surface area is 109 Å². The molecule has 18 heavy (non-hydrogen) atoms. The lowest BCUT2D eigenvalue weighted by Crippen LogP contribution is -2.40. The number of nitrogens with zero attached hydrogens (tertiary/aromatic N) is 1. The number of nitrogens with one attached hydrogen (secondary N) is 1. The van der Waals surface area contributed by atoms with Crippen molar-refractivity contribution in [1.82, 2.24) is 0 Å². The van der Waals surface area contributed by atoms with Crippen LogP contribution in [0.25, 0.3) is 0 Å². The van der Waals surface area contributed by atoms with Crippen molar-refractivity contribution in [2.45, 2.75) is 32.1 Å². The fraction of sp³-hybridized carbons (Fsp3) is 0.600. The van der Waals surface area contributed by atoms with Gasteiger partial charge in [-0.15, -0.1) is 0 Å². The minimum absolute atomic E-state index is 0.368. The smallest absolute Gasteiger partial charge is 0.140 e. The number of phenols is 1. The third-order valence-electron chi connectivity index (χ3n) is 4.56. The summed E-state index contributed by atoms with van der Waals surface area (Å²) in [7, 11) is 2.14. The van der Waals surface area contributed by atoms with Crippen LogP contribution in [0, 0.1) is 5.41 Å². The summed E-state index contributed by atoms with van der Waals surface area (Å²) < 4.78 is 0. The van der Waals surface area contributed by atoms with Gasteiger partial charge in [0, 0.05) is 25.6 Å². The minimum Gasteiger partial charge on any atom is -0.506 e. The van der Waals surface area contributed by atoms with Gasteiger partial charge in [-0.1, -0.05) is 25.3 Å². The fourth-order valence-electron chi connectivity index (χ4n) is 3.58. The second-order valence-electron chi connectivity index (χ2n) is 5.94. The number of phenolic OH excluding ortho intramolecular Hbond substituents is 1. The van der Waals surface area contributed by atoms with Gasteiger partial charge < -0.3 is 15.3 Å². The van der Waals surface area contributed by atoms with Crippen LogP contribution >= 0.6 is 0 Å². The molecule has 0 atom stereocenters. The van der Waals surface area contributed by atoms with E-state index in [-0.39, 0.29) is 0 Å². The number of rotatable bonds is 0. The van der Waals surface area contributed by atoms with Crippen LogP contribution in [-0.2, 0) is 0 Å². The topological polar surface area (TPSA) is 35.5 Å². The van der Waals surface area contributed by atoms with Crippen molar-refractivity contribution in [1.29, 1.82) is 0 Å². The predicted octanol–water partition coefficient (Wildman–Crippen LogP) is 3.20. The van der Waals surface area contributed by atoms with Crippen LogP contribution in [0.15, 0.2) is 18.2 Å². The van der Waals surface area contributed by atoms with Crippen molar-refractivity contribution >= 4 is 11.4 Å². The molecule has 1 spiro atoms. The van der Waals surface area contributed by atoms with Gasteiger partial charge in [-0.05, 0) is 25.0 Å². The highest BCUT2D eigenvalue weighted by Gasteiger charge is 2.36. The zero-order valence-electron chi connectivity index (χ0n) is 11.1. The summed E-state index contributed by atoms with van der Waals surface area (Å²) in [6.45, 7) is 2.08. The monoisotopic (exact) mass is 246 g/mol. The largest absolute Gasteiger partial charge is 0.506 e. The van der Waals surface area contributed by atoms with Crippen LogP contribution in [0.3, 0.4) is 0 Å². The molecule has 2 aliphatic rings. The van der Waals surface area contributed by atoms with E-state index in [2.05, 4.69) is 23.3 Å². The molecule has 2 N–H and O–H groups in total. The van der Waals surface area contributed by atoms with E-state index in [9.17, 15) is 5.11 Å². The second kappa shape index (κ2) is 4.38. The molecule has 1 aromatic rings. The van der Waals surface area contributed by atoms with E-state index in [1.807, 2.05) is 6.07 Å². The number of benzene rings is 1. The molecule has 0 saturated heterocycles. The van der Waals surface area contributed by atoms with E-state index >= 15 is 0 Å². The molecule has 1 heterocycles. The quantitative estimate of drug-likeness (QED) is 0.690. The van der Waals surface area contributed by atoms with Crippen LogP contribution in [-0.4, -0.2) is 25.2 Å². The van der Waals surface area contributed by atoms with E-state index in [1.165, 1.54) is 32.1 Å². The van der Waals surface area contributed by atoms with Crippen molar-refractivity contribution in [3.63, 3.8) is 0 Å². The number of fused-ring (bicyclic) bond motifs is 1. The van der Waals surface area contributed by atoms with E-state index in [1.54, 1.807) is 6.07 Å². The van der Waals surface area contributed by atoms with Gasteiger partial charge in [0.1, 0.15) is 11.4 Å². The number of hydrogen-bond acceptors (Lipinski definition) is 3. The average molecular weight is 246 g/mol. The number of anilines is 2. The van der Waals surface area contributed by atoms with E-state index in [0.29, 0.717) is 11.2 Å². The summed E-state index contributed by atoms with van der Waals surface area (Å²) >= 11 is 0. The summed E-state index contributed by atoms with van der Waals surface area (Å²) in [6.07, 6.45) is 6.68. The molecule has 0 aromatic heterocycles. The molecule has 3 heteroatoms. The molecular weight excluding hydrogens is 224 g/mol. The zero-order valence-corrected chi connectivity index (χ0v) is 11.1. The molecule has 98 valence electrons. The Morgan fingerprint density at radius 3 is 2.78 bits per heavy atom. The lowest BCUT2D eigenvalue weighted by Gasteiger charge is -2.38. The number of para-hydroxylation sites is 1. The maximum atomic E-state index is 10.00. The molecule has 1 saturated carbocycles. The Morgan fingerprint density at radius 1 is 1.22 bits per heavy atom. The van der Waals surface area contributed by atoms with Crippen molar-refractivity contribution < 1.29 is 5.11 Å². The van der Waals surface area contributed by atoms with Gasteiger partial charge in [-0.25, -0.2) is 0 Å². The van der Waals surface area contributed by atoms with Gasteiger partial charge in [-0.3, -0.25) is 0 Å². The molecule has 1 aliphatic carbocycles. The van der Waals surface area contributed by atoms with Gasteiger partial charge in [-0.2, -0.15) is 0 Å². The Morgan fingerprint density at radius 2 is 2.00 bits per heavy atom. The summed E-state index contributed by atoms with van der Waals surface area (Å²) in [6, 6.07) is 5.77. The summed E-state index contributed by atoms with van der Waals surface area (Å²) in [4.78, 5) is 2.31. The van der Waals surface area contributed by atoms with Gasteiger partial charge in [0.25, 0.3) is 0 Å². The van der Waals surface area contributed by atoms with E-state index in [4.69, 9.17) is 0 Å². The van der Waals surface area contributed by atoms with Crippen molar-refractivity contribution in [3.8, 4) is 5.75 Å². The Hall–Kier alpha value is -1.38. The van der Waals surface area contributed by atoms with Crippen LogP contribution in [0.1, 0.15) is 32.1 Å². The van der Waals surface area contributed by atoms with E-state index < -0.39 is 0 Å². The first-order chi connectivity index (χ1) is 8.70. The minimum atomic E-state index is 0.368. The molecule has 1 aromatic carbocycles. The maximum Gasteiger partial charge on any atom is 0.140 e. The molecule has 0 radical (unpaired) electrons. The summed E-state index contributed by atoms with van der Waals surface area (Å²) in [5.74, 6) is 0.368. The maximum absolute atomic E-state index is 10.00. The second-order valence-corrected chi connectivity index (χ2v) is 5.94. The van der Waals surface area contributed by atoms with Crippen LogP contribution < -0.4 is 10.2 Å². The lowest BCUT2D eigenvalue weighted by atomic mass is 9.74. The standard InChI is InChI=1S/C15H22N2O/c1-17-11-15(8-3-2-4-9-15)10-16-14-12(17)6-5-7-13(14)18/h5-7,16,18H,2-4,8-11H2,1H3. The average Bonchev–Trinajstić information content (AvgIpc) is 2.50. The van der Waals surface area contributed by atoms with E-state index in [0.717, 1.165) is 24.5 Å². The highest BCUT2D eigenvalue weighted by molar-refractivity contribution is 5.76. The summed E-state index contributed by atoms with van der Waals surface area (Å²) in [5, 5.41) is 13.5. The Balaban J connectivity index is 1.92. The Kier molecular flexibility index (Phi) is 2.84. The van der Waals surface area contributed by atoms with Crippen molar-refractivity contribution in [3.05, 3.63) is 18.2 Å². The number of aromatic hydroxyl groups is 1. The first-order valence-corrected chi connectivity index (χ1v) is 6.97. The first-order valence-electron chi connectivity index (χ1n) is 6.97. The highest BCUT2D eigenvalue weighted by Crippen LogP contribution is 2.43. The van der Waals surface area contributed by atoms with Crippen molar-refractivity contribution in [2.24, 2.45) is 5.41 Å². The predicted molar refractivity (Wildman–Crippen MR) is 75.4 cm³/mol. The first kappa shape index (κ1) is 11.7. The van der Waals surface area contributed by atoms with Crippen LogP contribution in [0.2, 0.25) is 0 Å². The lowest BCUT2D eigenvalue weighted by molar-refractivity contribution is 0.215. The normalized spacial score (nSPS) is 22.2. The van der Waals surface area contributed by atoms with Gasteiger partial charge in [0.15, 0.2) is 0 Å². The van der Waals surface area contributed by atoms with Gasteiger partial charge in [0.05, 0.1) is 5.69 Å². The molecule has 3 nitrogen and oxygen atoms in total. The fourth-order valence-corrected chi connectivity index (χ4v) is 3.58. The SMILES string of the molecule is CN1CC2(CCCCC2)CNc2c(O)cccc21. The molecule has 0 amide bonds.